The molecule has 1 aliphatic carbocycles. The SMILES string of the molecule is CN(Cc1cnn(C)c1)C(=O)C1CC=CCC1C(=O)O. The van der Waals surface area contributed by atoms with E-state index in [0.29, 0.717) is 19.4 Å². The van der Waals surface area contributed by atoms with E-state index in [1.807, 2.05) is 25.4 Å². The van der Waals surface area contributed by atoms with Gasteiger partial charge in [-0.15, -0.1) is 0 Å². The van der Waals surface area contributed by atoms with Crippen LogP contribution in [-0.4, -0.2) is 38.7 Å². The van der Waals surface area contributed by atoms with Gasteiger partial charge in [-0.3, -0.25) is 14.3 Å². The Bertz CT molecular complexity index is 536. The molecule has 2 atom stereocenters. The van der Waals surface area contributed by atoms with Crippen LogP contribution in [0.5, 0.6) is 0 Å². The Hall–Kier alpha value is -2.11. The van der Waals surface area contributed by atoms with Gasteiger partial charge < -0.3 is 10.0 Å². The van der Waals surface area contributed by atoms with E-state index < -0.39 is 17.8 Å². The largest absolute Gasteiger partial charge is 0.481 e. The number of aromatic nitrogens is 2. The van der Waals surface area contributed by atoms with Crippen molar-refractivity contribution in [1.29, 1.82) is 0 Å². The van der Waals surface area contributed by atoms with Crippen LogP contribution in [0.4, 0.5) is 0 Å². The first kappa shape index (κ1) is 14.3. The van der Waals surface area contributed by atoms with E-state index in [-0.39, 0.29) is 5.91 Å². The van der Waals surface area contributed by atoms with Crippen molar-refractivity contribution >= 4 is 11.9 Å². The summed E-state index contributed by atoms with van der Waals surface area (Å²) < 4.78 is 1.68. The Labute approximate surface area is 117 Å². The number of carbonyl (C=O) groups excluding carboxylic acids is 1. The van der Waals surface area contributed by atoms with E-state index in [2.05, 4.69) is 5.10 Å². The fourth-order valence-electron chi connectivity index (χ4n) is 2.55. The van der Waals surface area contributed by atoms with Crippen LogP contribution in [-0.2, 0) is 23.2 Å². The number of allylic oxidation sites excluding steroid dienone is 2. The van der Waals surface area contributed by atoms with Crippen LogP contribution in [0, 0.1) is 11.8 Å². The molecule has 0 bridgehead atoms. The summed E-state index contributed by atoms with van der Waals surface area (Å²) >= 11 is 0. The van der Waals surface area contributed by atoms with E-state index in [1.54, 1.807) is 22.8 Å². The molecule has 0 saturated heterocycles. The van der Waals surface area contributed by atoms with Gasteiger partial charge in [-0.05, 0) is 12.8 Å². The van der Waals surface area contributed by atoms with Crippen LogP contribution in [0.25, 0.3) is 0 Å². The molecule has 1 amide bonds. The average Bonchev–Trinajstić information content (AvgIpc) is 2.83. The summed E-state index contributed by atoms with van der Waals surface area (Å²) in [6.45, 7) is 0.444. The minimum absolute atomic E-state index is 0.120. The topological polar surface area (TPSA) is 75.4 Å². The molecule has 20 heavy (non-hydrogen) atoms. The molecule has 0 fully saturated rings. The molecule has 1 aromatic rings. The lowest BCUT2D eigenvalue weighted by atomic mass is 9.82. The number of carboxylic acids is 1. The molecule has 1 N–H and O–H groups in total. The number of nitrogens with zero attached hydrogens (tertiary/aromatic N) is 3. The Morgan fingerprint density at radius 2 is 2.05 bits per heavy atom. The molecule has 1 aliphatic rings. The predicted molar refractivity (Wildman–Crippen MR) is 72.7 cm³/mol. The Kier molecular flexibility index (Phi) is 4.22. The van der Waals surface area contributed by atoms with Gasteiger partial charge in [-0.25, -0.2) is 0 Å². The first-order valence-corrected chi connectivity index (χ1v) is 6.59. The maximum atomic E-state index is 12.4. The summed E-state index contributed by atoms with van der Waals surface area (Å²) in [5, 5.41) is 13.3. The number of aliphatic carboxylic acids is 1. The summed E-state index contributed by atoms with van der Waals surface area (Å²) in [5.41, 5.74) is 0.932. The minimum atomic E-state index is -0.900. The Balaban J connectivity index is 2.05. The first-order valence-electron chi connectivity index (χ1n) is 6.59. The van der Waals surface area contributed by atoms with Crippen LogP contribution in [0.15, 0.2) is 24.5 Å². The summed E-state index contributed by atoms with van der Waals surface area (Å²) in [7, 11) is 3.52. The van der Waals surface area contributed by atoms with Gasteiger partial charge in [-0.2, -0.15) is 5.10 Å². The fourth-order valence-corrected chi connectivity index (χ4v) is 2.55. The third-order valence-electron chi connectivity index (χ3n) is 3.62. The number of aryl methyl sites for hydroxylation is 1. The van der Waals surface area contributed by atoms with E-state index >= 15 is 0 Å². The number of hydrogen-bond acceptors (Lipinski definition) is 3. The van der Waals surface area contributed by atoms with Crippen molar-refractivity contribution < 1.29 is 14.7 Å². The lowest BCUT2D eigenvalue weighted by molar-refractivity contribution is -0.150. The second-order valence-corrected chi connectivity index (χ2v) is 5.21. The third kappa shape index (κ3) is 3.07. The standard InChI is InChI=1S/C14H19N3O3/c1-16(8-10-7-15-17(2)9-10)13(18)11-5-3-4-6-12(11)14(19)20/h3-4,7,9,11-12H,5-6,8H2,1-2H3,(H,19,20). The van der Waals surface area contributed by atoms with Gasteiger partial charge in [0, 0.05) is 32.4 Å². The van der Waals surface area contributed by atoms with Gasteiger partial charge in [-0.1, -0.05) is 12.2 Å². The zero-order valence-electron chi connectivity index (χ0n) is 11.7. The molecule has 6 heteroatoms. The lowest BCUT2D eigenvalue weighted by Gasteiger charge is -2.28. The maximum absolute atomic E-state index is 12.4. The van der Waals surface area contributed by atoms with Gasteiger partial charge in [0.25, 0.3) is 0 Å². The number of rotatable bonds is 4. The zero-order valence-corrected chi connectivity index (χ0v) is 11.7. The zero-order chi connectivity index (χ0) is 14.7. The average molecular weight is 277 g/mol. The highest BCUT2D eigenvalue weighted by Crippen LogP contribution is 2.27. The quantitative estimate of drug-likeness (QED) is 0.835. The van der Waals surface area contributed by atoms with Crippen LogP contribution >= 0.6 is 0 Å². The van der Waals surface area contributed by atoms with E-state index in [4.69, 9.17) is 0 Å². The van der Waals surface area contributed by atoms with Crippen molar-refractivity contribution in [1.82, 2.24) is 14.7 Å². The predicted octanol–water partition coefficient (Wildman–Crippen LogP) is 1.05. The number of hydrogen-bond donors (Lipinski definition) is 1. The number of carbonyl (C=O) groups is 2. The molecular formula is C14H19N3O3. The highest BCUT2D eigenvalue weighted by Gasteiger charge is 2.35. The molecule has 0 spiro atoms. The van der Waals surface area contributed by atoms with Crippen LogP contribution in [0.2, 0.25) is 0 Å². The summed E-state index contributed by atoms with van der Waals surface area (Å²) in [5.74, 6) is -2.11. The minimum Gasteiger partial charge on any atom is -0.481 e. The molecular weight excluding hydrogens is 258 g/mol. The molecule has 6 nitrogen and oxygen atoms in total. The summed E-state index contributed by atoms with van der Waals surface area (Å²) in [6.07, 6.45) is 8.20. The monoisotopic (exact) mass is 277 g/mol. The van der Waals surface area contributed by atoms with Crippen molar-refractivity contribution in [2.24, 2.45) is 18.9 Å². The smallest absolute Gasteiger partial charge is 0.307 e. The highest BCUT2D eigenvalue weighted by atomic mass is 16.4. The fraction of sp³-hybridized carbons (Fsp3) is 0.500. The van der Waals surface area contributed by atoms with Gasteiger partial charge >= 0.3 is 5.97 Å². The van der Waals surface area contributed by atoms with Crippen molar-refractivity contribution in [2.45, 2.75) is 19.4 Å². The maximum Gasteiger partial charge on any atom is 0.307 e. The normalized spacial score (nSPS) is 21.7. The second-order valence-electron chi connectivity index (χ2n) is 5.21. The Morgan fingerprint density at radius 3 is 2.60 bits per heavy atom. The van der Waals surface area contributed by atoms with E-state index in [0.717, 1.165) is 5.56 Å². The van der Waals surface area contributed by atoms with Crippen molar-refractivity contribution in [3.05, 3.63) is 30.1 Å². The second kappa shape index (κ2) is 5.90. The number of amides is 1. The van der Waals surface area contributed by atoms with Crippen LogP contribution in [0.3, 0.4) is 0 Å². The summed E-state index contributed by atoms with van der Waals surface area (Å²) in [4.78, 5) is 25.2. The molecule has 0 saturated carbocycles. The molecule has 0 aliphatic heterocycles. The third-order valence-corrected chi connectivity index (χ3v) is 3.62. The molecule has 2 unspecified atom stereocenters. The van der Waals surface area contributed by atoms with Crippen LogP contribution < -0.4 is 0 Å². The molecule has 108 valence electrons. The Morgan fingerprint density at radius 1 is 1.40 bits per heavy atom. The van der Waals surface area contributed by atoms with Crippen molar-refractivity contribution in [3.63, 3.8) is 0 Å². The highest BCUT2D eigenvalue weighted by molar-refractivity contribution is 5.85. The first-order chi connectivity index (χ1) is 9.49. The van der Waals surface area contributed by atoms with Crippen molar-refractivity contribution in [2.75, 3.05) is 7.05 Å². The lowest BCUT2D eigenvalue weighted by Crippen LogP contribution is -2.39. The molecule has 2 rings (SSSR count). The molecule has 0 radical (unpaired) electrons. The summed E-state index contributed by atoms with van der Waals surface area (Å²) in [6, 6.07) is 0. The van der Waals surface area contributed by atoms with Gasteiger partial charge in [0.05, 0.1) is 18.0 Å². The van der Waals surface area contributed by atoms with Gasteiger partial charge in [0.15, 0.2) is 0 Å². The van der Waals surface area contributed by atoms with Gasteiger partial charge in [0.2, 0.25) is 5.91 Å². The van der Waals surface area contributed by atoms with Crippen molar-refractivity contribution in [3.8, 4) is 0 Å². The van der Waals surface area contributed by atoms with E-state index in [9.17, 15) is 14.7 Å². The number of carboxylic acid groups (broad SMARTS) is 1. The van der Waals surface area contributed by atoms with Crippen LogP contribution in [0.1, 0.15) is 18.4 Å². The molecule has 1 aromatic heterocycles. The molecule has 0 aromatic carbocycles. The van der Waals surface area contributed by atoms with E-state index in [1.165, 1.54) is 0 Å². The van der Waals surface area contributed by atoms with Gasteiger partial charge in [0.1, 0.15) is 0 Å². The molecule has 1 heterocycles.